The number of nitro benzene ring substituents is 1. The van der Waals surface area contributed by atoms with Crippen LogP contribution in [0.1, 0.15) is 71.7 Å². The predicted octanol–water partition coefficient (Wildman–Crippen LogP) is 7.08. The summed E-state index contributed by atoms with van der Waals surface area (Å²) in [7, 11) is -2.89. The molecule has 0 heterocycles. The normalized spacial score (nSPS) is 12.7. The lowest BCUT2D eigenvalue weighted by Crippen LogP contribution is -2.67. The first-order valence-electron chi connectivity index (χ1n) is 14.9. The van der Waals surface area contributed by atoms with Crippen LogP contribution in [0.3, 0.4) is 0 Å². The number of benzene rings is 3. The molecule has 0 aromatic heterocycles. The van der Waals surface area contributed by atoms with E-state index in [1.54, 1.807) is 20.8 Å². The third-order valence-electron chi connectivity index (χ3n) is 7.22. The van der Waals surface area contributed by atoms with Crippen molar-refractivity contribution in [3.63, 3.8) is 0 Å². The van der Waals surface area contributed by atoms with Gasteiger partial charge in [0, 0.05) is 11.6 Å². The van der Waals surface area contributed by atoms with Gasteiger partial charge in [0.15, 0.2) is 10.8 Å². The van der Waals surface area contributed by atoms with Gasteiger partial charge in [-0.15, -0.1) is 0 Å². The lowest BCUT2D eigenvalue weighted by Gasteiger charge is -2.43. The minimum Gasteiger partial charge on any atom is -0.492 e. The van der Waals surface area contributed by atoms with Gasteiger partial charge in [0.2, 0.25) is 0 Å². The van der Waals surface area contributed by atoms with Gasteiger partial charge in [0.05, 0.1) is 24.2 Å². The second kappa shape index (κ2) is 15.0. The molecule has 1 amide bonds. The molecule has 1 unspecified atom stereocenters. The molecule has 0 aliphatic rings. The molecule has 0 aliphatic heterocycles. The molecule has 0 saturated carbocycles. The van der Waals surface area contributed by atoms with Crippen molar-refractivity contribution < 1.29 is 28.4 Å². The lowest BCUT2D eigenvalue weighted by molar-refractivity contribution is -0.384. The van der Waals surface area contributed by atoms with Crippen LogP contribution in [0.4, 0.5) is 10.5 Å². The zero-order valence-electron chi connectivity index (χ0n) is 27.0. The minimum atomic E-state index is -2.89. The van der Waals surface area contributed by atoms with Crippen molar-refractivity contribution in [1.82, 2.24) is 5.32 Å². The number of carbonyl (C=O) groups excluding carboxylic acids is 2. The maximum atomic E-state index is 12.9. The first-order valence-corrected chi connectivity index (χ1v) is 17.2. The molecule has 0 bridgehead atoms. The SMILES string of the molecule is CC(=O)c1cc(OCCCC(CO[Si](c2ccccc2)(c2ccccc2)C(C)(C)C)NC(=O)OC(C)(C)C)c(Cl)c([N+](=O)[O-])c1. The second-order valence-corrected chi connectivity index (χ2v) is 17.6. The van der Waals surface area contributed by atoms with Crippen molar-refractivity contribution in [2.24, 2.45) is 0 Å². The average Bonchev–Trinajstić information content (AvgIpc) is 2.95. The largest absolute Gasteiger partial charge is 0.492 e. The Morgan fingerprint density at radius 2 is 1.51 bits per heavy atom. The van der Waals surface area contributed by atoms with E-state index < -0.39 is 36.7 Å². The van der Waals surface area contributed by atoms with E-state index in [1.165, 1.54) is 13.0 Å². The van der Waals surface area contributed by atoms with Crippen LogP contribution in [0, 0.1) is 10.1 Å². The Morgan fingerprint density at radius 3 is 1.98 bits per heavy atom. The molecule has 0 spiro atoms. The quantitative estimate of drug-likeness (QED) is 0.0688. The van der Waals surface area contributed by atoms with Crippen LogP contribution >= 0.6 is 11.6 Å². The molecule has 9 nitrogen and oxygen atoms in total. The Kier molecular flexibility index (Phi) is 11.9. The Balaban J connectivity index is 1.87. The Morgan fingerprint density at radius 1 is 0.956 bits per heavy atom. The molecule has 1 N–H and O–H groups in total. The smallest absolute Gasteiger partial charge is 0.407 e. The maximum absolute atomic E-state index is 12.9. The molecule has 3 aromatic carbocycles. The zero-order chi connectivity index (χ0) is 33.4. The van der Waals surface area contributed by atoms with Gasteiger partial charge < -0.3 is 19.2 Å². The van der Waals surface area contributed by atoms with E-state index in [9.17, 15) is 19.7 Å². The summed E-state index contributed by atoms with van der Waals surface area (Å²) in [5.74, 6) is -0.294. The van der Waals surface area contributed by atoms with Gasteiger partial charge >= 0.3 is 6.09 Å². The van der Waals surface area contributed by atoms with E-state index in [0.717, 1.165) is 16.4 Å². The Hall–Kier alpha value is -3.73. The zero-order valence-corrected chi connectivity index (χ0v) is 28.8. The van der Waals surface area contributed by atoms with Gasteiger partial charge in [-0.25, -0.2) is 4.79 Å². The maximum Gasteiger partial charge on any atom is 0.407 e. The van der Waals surface area contributed by atoms with Gasteiger partial charge in [-0.05, 0) is 62.0 Å². The number of nitrogens with zero attached hydrogens (tertiary/aromatic N) is 1. The highest BCUT2D eigenvalue weighted by molar-refractivity contribution is 6.99. The molecule has 45 heavy (non-hydrogen) atoms. The molecule has 11 heteroatoms. The second-order valence-electron chi connectivity index (χ2n) is 12.9. The average molecular weight is 655 g/mol. The summed E-state index contributed by atoms with van der Waals surface area (Å²) in [4.78, 5) is 35.7. The molecule has 1 atom stereocenters. The fraction of sp³-hybridized carbons (Fsp3) is 0.412. The van der Waals surface area contributed by atoms with Crippen LogP contribution in [0.2, 0.25) is 10.1 Å². The third-order valence-corrected chi connectivity index (χ3v) is 12.6. The fourth-order valence-electron chi connectivity index (χ4n) is 5.19. The van der Waals surface area contributed by atoms with Crippen molar-refractivity contribution in [1.29, 1.82) is 0 Å². The molecule has 0 aliphatic carbocycles. The number of ether oxygens (including phenoxy) is 2. The lowest BCUT2D eigenvalue weighted by atomic mass is 10.1. The molecule has 0 radical (unpaired) electrons. The third kappa shape index (κ3) is 9.38. The summed E-state index contributed by atoms with van der Waals surface area (Å²) >= 11 is 6.24. The Bertz CT molecular complexity index is 1430. The molecular formula is C34H43ClN2O7Si. The van der Waals surface area contributed by atoms with Crippen molar-refractivity contribution in [3.05, 3.63) is 93.5 Å². The summed E-state index contributed by atoms with van der Waals surface area (Å²) in [5.41, 5.74) is -0.962. The number of hydrogen-bond donors (Lipinski definition) is 1. The van der Waals surface area contributed by atoms with Crippen LogP contribution in [0.5, 0.6) is 5.75 Å². The highest BCUT2D eigenvalue weighted by Gasteiger charge is 2.50. The number of hydrogen-bond acceptors (Lipinski definition) is 7. The van der Waals surface area contributed by atoms with Crippen molar-refractivity contribution in [2.75, 3.05) is 13.2 Å². The van der Waals surface area contributed by atoms with Crippen molar-refractivity contribution in [2.45, 2.75) is 78.0 Å². The molecule has 0 fully saturated rings. The number of amides is 1. The summed E-state index contributed by atoms with van der Waals surface area (Å²) in [5, 5.41) is 16.3. The molecular weight excluding hydrogens is 612 g/mol. The van der Waals surface area contributed by atoms with Crippen LogP contribution < -0.4 is 20.4 Å². The van der Waals surface area contributed by atoms with Crippen LogP contribution in [0.15, 0.2) is 72.8 Å². The predicted molar refractivity (Wildman–Crippen MR) is 180 cm³/mol. The van der Waals surface area contributed by atoms with Gasteiger partial charge in [-0.3, -0.25) is 14.9 Å². The number of ketones is 1. The van der Waals surface area contributed by atoms with Crippen LogP contribution in [0.25, 0.3) is 0 Å². The van der Waals surface area contributed by atoms with E-state index in [-0.39, 0.29) is 40.4 Å². The van der Waals surface area contributed by atoms with E-state index in [4.69, 9.17) is 25.5 Å². The number of Topliss-reactive ketones (excluding diaryl/α,β-unsaturated/α-hetero) is 1. The standard InChI is InChI=1S/C34H43ClN2O7Si/c1-24(38)25-21-29(37(40)41)31(35)30(22-25)42-20-14-15-26(36-32(39)44-33(2,3)4)23-43-45(34(5,6)7,27-16-10-8-11-17-27)28-18-12-9-13-19-28/h8-13,16-19,21-22,26H,14-15,20,23H2,1-7H3,(H,36,39). The van der Waals surface area contributed by atoms with E-state index in [0.29, 0.717) is 12.8 Å². The van der Waals surface area contributed by atoms with E-state index in [2.05, 4.69) is 50.4 Å². The van der Waals surface area contributed by atoms with Gasteiger partial charge in [0.1, 0.15) is 11.4 Å². The van der Waals surface area contributed by atoms with E-state index >= 15 is 0 Å². The number of halogens is 1. The summed E-state index contributed by atoms with van der Waals surface area (Å²) in [6.07, 6.45) is 0.329. The summed E-state index contributed by atoms with van der Waals surface area (Å²) < 4.78 is 18.5. The minimum absolute atomic E-state index is 0.0521. The van der Waals surface area contributed by atoms with Gasteiger partial charge in [-0.1, -0.05) is 93.0 Å². The highest BCUT2D eigenvalue weighted by Crippen LogP contribution is 2.37. The summed E-state index contributed by atoms with van der Waals surface area (Å²) in [6, 6.07) is 22.5. The number of rotatable bonds is 13. The van der Waals surface area contributed by atoms with Crippen LogP contribution in [-0.2, 0) is 9.16 Å². The molecule has 3 aromatic rings. The molecule has 242 valence electrons. The fourth-order valence-corrected chi connectivity index (χ4v) is 10.0. The van der Waals surface area contributed by atoms with E-state index in [1.807, 2.05) is 36.4 Å². The molecule has 0 saturated heterocycles. The first kappa shape index (κ1) is 35.7. The highest BCUT2D eigenvalue weighted by atomic mass is 35.5. The topological polar surface area (TPSA) is 117 Å². The van der Waals surface area contributed by atoms with Crippen LogP contribution in [-0.4, -0.2) is 50.0 Å². The monoisotopic (exact) mass is 654 g/mol. The molecule has 3 rings (SSSR count). The Labute approximate surface area is 271 Å². The number of nitro groups is 1. The van der Waals surface area contributed by atoms with Gasteiger partial charge in [-0.2, -0.15) is 0 Å². The first-order chi connectivity index (χ1) is 21.0. The number of carbonyl (C=O) groups is 2. The van der Waals surface area contributed by atoms with Gasteiger partial charge in [0.25, 0.3) is 14.0 Å². The van der Waals surface area contributed by atoms with Crippen molar-refractivity contribution >= 4 is 47.9 Å². The van der Waals surface area contributed by atoms with Crippen molar-refractivity contribution in [3.8, 4) is 5.75 Å². The number of alkyl carbamates (subject to hydrolysis) is 1. The summed E-state index contributed by atoms with van der Waals surface area (Å²) in [6.45, 7) is 13.6. The number of nitrogens with one attached hydrogen (secondary N) is 1.